The Hall–Kier alpha value is -3.66. The third-order valence-corrected chi connectivity index (χ3v) is 5.79. The lowest BCUT2D eigenvalue weighted by Crippen LogP contribution is -2.35. The minimum absolute atomic E-state index is 0.0306. The molecule has 3 rings (SSSR count). The van der Waals surface area contributed by atoms with Crippen molar-refractivity contribution in [2.45, 2.75) is 51.9 Å². The number of fused-ring (bicyclic) bond motifs is 1. The van der Waals surface area contributed by atoms with Gasteiger partial charge in [-0.15, -0.1) is 0 Å². The third-order valence-electron chi connectivity index (χ3n) is 5.79. The van der Waals surface area contributed by atoms with Crippen LogP contribution in [-0.4, -0.2) is 37.4 Å². The second kappa shape index (κ2) is 12.5. The number of hydrogen-bond acceptors (Lipinski definition) is 6. The Bertz CT molecular complexity index is 1060. The summed E-state index contributed by atoms with van der Waals surface area (Å²) in [5, 5.41) is 8.93. The van der Waals surface area contributed by atoms with Crippen molar-refractivity contribution in [3.63, 3.8) is 0 Å². The van der Waals surface area contributed by atoms with Crippen LogP contribution in [0.3, 0.4) is 0 Å². The molecule has 1 amide bonds. The summed E-state index contributed by atoms with van der Waals surface area (Å²) < 4.78 is 10.5. The molecule has 0 aliphatic heterocycles. The highest BCUT2D eigenvalue weighted by molar-refractivity contribution is 5.98. The minimum atomic E-state index is -0.605. The van der Waals surface area contributed by atoms with Gasteiger partial charge in [-0.2, -0.15) is 5.26 Å². The second-order valence-corrected chi connectivity index (χ2v) is 8.15. The van der Waals surface area contributed by atoms with Gasteiger partial charge in [0.2, 0.25) is 0 Å². The SMILES string of the molecule is CCOc1ccc(N(CCC#N)C(=O)COC(=O)CCC(=O)c2ccc3c(c2)CCCC3)cc1. The molecule has 2 aromatic carbocycles. The lowest BCUT2D eigenvalue weighted by molar-refractivity contribution is -0.147. The molecule has 0 aromatic heterocycles. The van der Waals surface area contributed by atoms with Crippen molar-refractivity contribution in [1.82, 2.24) is 0 Å². The smallest absolute Gasteiger partial charge is 0.306 e. The number of carbonyl (C=O) groups excluding carboxylic acids is 3. The van der Waals surface area contributed by atoms with Gasteiger partial charge in [0.1, 0.15) is 5.75 Å². The molecule has 0 saturated heterocycles. The number of anilines is 1. The Morgan fingerprint density at radius 3 is 2.44 bits per heavy atom. The monoisotopic (exact) mass is 462 g/mol. The van der Waals surface area contributed by atoms with E-state index in [4.69, 9.17) is 14.7 Å². The van der Waals surface area contributed by atoms with Gasteiger partial charge >= 0.3 is 5.97 Å². The predicted molar refractivity (Wildman–Crippen MR) is 128 cm³/mol. The van der Waals surface area contributed by atoms with Gasteiger partial charge in [0, 0.05) is 24.2 Å². The number of nitriles is 1. The molecule has 0 saturated carbocycles. The van der Waals surface area contributed by atoms with Gasteiger partial charge in [-0.3, -0.25) is 14.4 Å². The number of esters is 1. The fourth-order valence-corrected chi connectivity index (χ4v) is 4.01. The van der Waals surface area contributed by atoms with Crippen LogP contribution in [0.2, 0.25) is 0 Å². The number of ketones is 1. The molecule has 34 heavy (non-hydrogen) atoms. The molecule has 7 nitrogen and oxygen atoms in total. The average molecular weight is 463 g/mol. The van der Waals surface area contributed by atoms with E-state index >= 15 is 0 Å². The van der Waals surface area contributed by atoms with Crippen LogP contribution in [-0.2, 0) is 27.2 Å². The average Bonchev–Trinajstić information content (AvgIpc) is 2.87. The lowest BCUT2D eigenvalue weighted by Gasteiger charge is -2.22. The summed E-state index contributed by atoms with van der Waals surface area (Å²) in [5.41, 5.74) is 3.72. The number of Topliss-reactive ketones (excluding diaryl/α,β-unsaturated/α-hetero) is 1. The van der Waals surface area contributed by atoms with Crippen LogP contribution < -0.4 is 9.64 Å². The number of aryl methyl sites for hydroxylation is 2. The van der Waals surface area contributed by atoms with Crippen LogP contribution >= 0.6 is 0 Å². The van der Waals surface area contributed by atoms with E-state index in [2.05, 4.69) is 0 Å². The van der Waals surface area contributed by atoms with Gasteiger partial charge in [-0.25, -0.2) is 0 Å². The largest absolute Gasteiger partial charge is 0.494 e. The second-order valence-electron chi connectivity index (χ2n) is 8.15. The quantitative estimate of drug-likeness (QED) is 0.362. The highest BCUT2D eigenvalue weighted by Crippen LogP contribution is 2.23. The number of hydrogen-bond donors (Lipinski definition) is 0. The maximum Gasteiger partial charge on any atom is 0.306 e. The van der Waals surface area contributed by atoms with E-state index in [1.807, 2.05) is 31.2 Å². The number of carbonyl (C=O) groups is 3. The summed E-state index contributed by atoms with van der Waals surface area (Å²) in [6.45, 7) is 2.13. The van der Waals surface area contributed by atoms with Crippen LogP contribution in [0, 0.1) is 11.3 Å². The molecule has 178 valence electrons. The summed E-state index contributed by atoms with van der Waals surface area (Å²) in [5.74, 6) is -0.476. The number of nitrogens with zero attached hydrogens (tertiary/aromatic N) is 2. The summed E-state index contributed by atoms with van der Waals surface area (Å²) in [6, 6.07) is 14.7. The highest BCUT2D eigenvalue weighted by Gasteiger charge is 2.19. The number of rotatable bonds is 11. The Morgan fingerprint density at radius 1 is 1.00 bits per heavy atom. The van der Waals surface area contributed by atoms with E-state index in [0.717, 1.165) is 19.3 Å². The molecule has 0 bridgehead atoms. The van der Waals surface area contributed by atoms with Gasteiger partial charge in [0.15, 0.2) is 12.4 Å². The first-order valence-electron chi connectivity index (χ1n) is 11.7. The molecule has 0 fully saturated rings. The van der Waals surface area contributed by atoms with Gasteiger partial charge < -0.3 is 14.4 Å². The van der Waals surface area contributed by atoms with Crippen molar-refractivity contribution < 1.29 is 23.9 Å². The predicted octanol–water partition coefficient (Wildman–Crippen LogP) is 4.42. The van der Waals surface area contributed by atoms with Gasteiger partial charge in [-0.1, -0.05) is 12.1 Å². The van der Waals surface area contributed by atoms with Gasteiger partial charge in [-0.05, 0) is 74.1 Å². The molecule has 0 N–H and O–H groups in total. The Kier molecular flexibility index (Phi) is 9.21. The molecule has 0 atom stereocenters. The molecule has 0 heterocycles. The molecular weight excluding hydrogens is 432 g/mol. The van der Waals surface area contributed by atoms with E-state index < -0.39 is 18.5 Å². The summed E-state index contributed by atoms with van der Waals surface area (Å²) in [4.78, 5) is 38.8. The Morgan fingerprint density at radius 2 is 1.74 bits per heavy atom. The maximum absolute atomic E-state index is 12.7. The Balaban J connectivity index is 1.51. The van der Waals surface area contributed by atoms with Gasteiger partial charge in [0.05, 0.1) is 25.5 Å². The zero-order chi connectivity index (χ0) is 24.3. The van der Waals surface area contributed by atoms with Crippen molar-refractivity contribution in [3.05, 3.63) is 59.2 Å². The summed E-state index contributed by atoms with van der Waals surface area (Å²) in [7, 11) is 0. The topological polar surface area (TPSA) is 96.7 Å². The molecular formula is C27H30N2O5. The first-order valence-corrected chi connectivity index (χ1v) is 11.7. The fraction of sp³-hybridized carbons (Fsp3) is 0.407. The van der Waals surface area contributed by atoms with Crippen molar-refractivity contribution in [2.24, 2.45) is 0 Å². The van der Waals surface area contributed by atoms with Crippen molar-refractivity contribution in [3.8, 4) is 11.8 Å². The minimum Gasteiger partial charge on any atom is -0.494 e. The first kappa shape index (κ1) is 25.0. The molecule has 2 aromatic rings. The van der Waals surface area contributed by atoms with Crippen molar-refractivity contribution >= 4 is 23.3 Å². The third kappa shape index (κ3) is 6.92. The summed E-state index contributed by atoms with van der Waals surface area (Å²) in [6.07, 6.45) is 4.42. The van der Waals surface area contributed by atoms with Gasteiger partial charge in [0.25, 0.3) is 5.91 Å². The maximum atomic E-state index is 12.7. The van der Waals surface area contributed by atoms with Crippen molar-refractivity contribution in [1.29, 1.82) is 5.26 Å². The highest BCUT2D eigenvalue weighted by atomic mass is 16.5. The zero-order valence-corrected chi connectivity index (χ0v) is 19.5. The molecule has 1 aliphatic carbocycles. The zero-order valence-electron chi connectivity index (χ0n) is 19.5. The van der Waals surface area contributed by atoms with Crippen molar-refractivity contribution in [2.75, 3.05) is 24.7 Å². The van der Waals surface area contributed by atoms with Crippen LogP contribution in [0.4, 0.5) is 5.69 Å². The lowest BCUT2D eigenvalue weighted by atomic mass is 9.89. The molecule has 7 heteroatoms. The van der Waals surface area contributed by atoms with E-state index in [9.17, 15) is 14.4 Å². The normalized spacial score (nSPS) is 12.2. The van der Waals surface area contributed by atoms with Crippen LogP contribution in [0.1, 0.15) is 60.5 Å². The molecule has 0 radical (unpaired) electrons. The standard InChI is InChI=1S/C27H30N2O5/c1-2-33-24-12-10-23(11-13-24)29(17-5-16-28)26(31)19-34-27(32)15-14-25(30)22-9-8-20-6-3-4-7-21(20)18-22/h8-13,18H,2-7,14-15,17,19H2,1H3. The molecule has 0 spiro atoms. The van der Waals surface area contributed by atoms with Crippen LogP contribution in [0.25, 0.3) is 0 Å². The van der Waals surface area contributed by atoms with Crippen LogP contribution in [0.5, 0.6) is 5.75 Å². The van der Waals surface area contributed by atoms with E-state index in [1.54, 1.807) is 24.3 Å². The number of amides is 1. The van der Waals surface area contributed by atoms with Crippen LogP contribution in [0.15, 0.2) is 42.5 Å². The van der Waals surface area contributed by atoms with E-state index in [1.165, 1.54) is 22.4 Å². The first-order chi connectivity index (χ1) is 16.5. The fourth-order valence-electron chi connectivity index (χ4n) is 4.01. The number of ether oxygens (including phenoxy) is 2. The van der Waals surface area contributed by atoms with E-state index in [0.29, 0.717) is 23.6 Å². The van der Waals surface area contributed by atoms with E-state index in [-0.39, 0.29) is 31.6 Å². The molecule has 0 unspecified atom stereocenters. The molecule has 1 aliphatic rings. The summed E-state index contributed by atoms with van der Waals surface area (Å²) >= 11 is 0. The number of benzene rings is 2. The Labute approximate surface area is 200 Å².